The minimum Gasteiger partial charge on any atom is -0.451 e. The molecule has 3 aromatic carbocycles. The average Bonchev–Trinajstić information content (AvgIpc) is 2.96. The van der Waals surface area contributed by atoms with Gasteiger partial charge in [-0.15, -0.1) is 0 Å². The van der Waals surface area contributed by atoms with Crippen molar-refractivity contribution in [1.29, 1.82) is 0 Å². The Morgan fingerprint density at radius 2 is 1.58 bits per heavy atom. The van der Waals surface area contributed by atoms with Gasteiger partial charge in [-0.25, -0.2) is 0 Å². The second kappa shape index (κ2) is 12.2. The van der Waals surface area contributed by atoms with Gasteiger partial charge in [-0.3, -0.25) is 14.4 Å². The molecule has 0 radical (unpaired) electrons. The lowest BCUT2D eigenvalue weighted by molar-refractivity contribution is -0.143. The molecule has 2 heterocycles. The molecule has 1 aliphatic heterocycles. The zero-order chi connectivity index (χ0) is 32.7. The number of carbonyl (C=O) groups excluding carboxylic acids is 2. The molecular formula is C32H25ClF6N2O4. The highest BCUT2D eigenvalue weighted by Gasteiger charge is 2.39. The summed E-state index contributed by atoms with van der Waals surface area (Å²) < 4.78 is 86.8. The molecule has 2 amide bonds. The lowest BCUT2D eigenvalue weighted by Crippen LogP contribution is -2.52. The van der Waals surface area contributed by atoms with Crippen molar-refractivity contribution in [3.63, 3.8) is 0 Å². The molecule has 2 atom stereocenters. The topological polar surface area (TPSA) is 79.6 Å². The van der Waals surface area contributed by atoms with Crippen molar-refractivity contribution in [1.82, 2.24) is 10.2 Å². The molecule has 1 aromatic heterocycles. The predicted molar refractivity (Wildman–Crippen MR) is 154 cm³/mol. The van der Waals surface area contributed by atoms with E-state index in [1.165, 1.54) is 4.90 Å². The summed E-state index contributed by atoms with van der Waals surface area (Å²) in [4.78, 5) is 40.5. The van der Waals surface area contributed by atoms with Gasteiger partial charge in [0.05, 0.1) is 16.5 Å². The molecule has 0 aliphatic carbocycles. The number of halogens is 7. The Morgan fingerprint density at radius 1 is 0.933 bits per heavy atom. The highest BCUT2D eigenvalue weighted by atomic mass is 35.5. The Labute approximate surface area is 257 Å². The van der Waals surface area contributed by atoms with E-state index >= 15 is 0 Å². The molecule has 1 N–H and O–H groups in total. The first kappa shape index (κ1) is 32.1. The lowest BCUT2D eigenvalue weighted by Gasteiger charge is -2.40. The van der Waals surface area contributed by atoms with Crippen molar-refractivity contribution in [2.45, 2.75) is 50.6 Å². The molecular weight excluding hydrogens is 626 g/mol. The van der Waals surface area contributed by atoms with Gasteiger partial charge >= 0.3 is 12.4 Å². The van der Waals surface area contributed by atoms with E-state index in [4.69, 9.17) is 16.0 Å². The van der Waals surface area contributed by atoms with E-state index in [9.17, 15) is 40.7 Å². The summed E-state index contributed by atoms with van der Waals surface area (Å²) in [7, 11) is 0. The van der Waals surface area contributed by atoms with Crippen LogP contribution in [-0.2, 0) is 18.8 Å². The summed E-state index contributed by atoms with van der Waals surface area (Å²) >= 11 is 5.98. The van der Waals surface area contributed by atoms with Gasteiger partial charge in [0.15, 0.2) is 11.2 Å². The van der Waals surface area contributed by atoms with Crippen LogP contribution >= 0.6 is 11.6 Å². The zero-order valence-corrected chi connectivity index (χ0v) is 24.3. The number of hydrogen-bond donors (Lipinski definition) is 1. The number of fused-ring (bicyclic) bond motifs is 1. The van der Waals surface area contributed by atoms with Crippen LogP contribution in [0.15, 0.2) is 75.9 Å². The normalized spacial score (nSPS) is 17.4. The van der Waals surface area contributed by atoms with Gasteiger partial charge in [-0.05, 0) is 79.8 Å². The van der Waals surface area contributed by atoms with Crippen LogP contribution in [0, 0.1) is 6.92 Å². The highest BCUT2D eigenvalue weighted by Crippen LogP contribution is 2.37. The summed E-state index contributed by atoms with van der Waals surface area (Å²) in [6.07, 6.45) is -9.82. The van der Waals surface area contributed by atoms with E-state index in [0.717, 1.165) is 11.6 Å². The number of aryl methyl sites for hydroxylation is 1. The van der Waals surface area contributed by atoms with E-state index < -0.39 is 58.4 Å². The average molecular weight is 651 g/mol. The fraction of sp³-hybridized carbons (Fsp3) is 0.281. The van der Waals surface area contributed by atoms with Gasteiger partial charge in [-0.2, -0.15) is 26.3 Å². The fourth-order valence-corrected chi connectivity index (χ4v) is 5.54. The molecule has 0 unspecified atom stereocenters. The number of carbonyl (C=O) groups is 2. The van der Waals surface area contributed by atoms with E-state index in [1.807, 2.05) is 0 Å². The van der Waals surface area contributed by atoms with Crippen LogP contribution < -0.4 is 10.7 Å². The molecule has 13 heteroatoms. The highest BCUT2D eigenvalue weighted by molar-refractivity contribution is 6.30. The van der Waals surface area contributed by atoms with Crippen molar-refractivity contribution in [3.8, 4) is 0 Å². The first-order valence-electron chi connectivity index (χ1n) is 13.8. The van der Waals surface area contributed by atoms with Gasteiger partial charge in [0.1, 0.15) is 5.58 Å². The summed E-state index contributed by atoms with van der Waals surface area (Å²) in [6, 6.07) is 12.1. The van der Waals surface area contributed by atoms with Crippen LogP contribution in [0.2, 0.25) is 5.02 Å². The second-order valence-electron chi connectivity index (χ2n) is 10.9. The number of nitrogens with zero attached hydrogens (tertiary/aromatic N) is 1. The van der Waals surface area contributed by atoms with Crippen molar-refractivity contribution in [2.24, 2.45) is 0 Å². The van der Waals surface area contributed by atoms with Crippen LogP contribution in [0.1, 0.15) is 56.0 Å². The maximum atomic E-state index is 13.6. The molecule has 0 bridgehead atoms. The van der Waals surface area contributed by atoms with Crippen LogP contribution in [0.25, 0.3) is 11.0 Å². The number of hydrogen-bond acceptors (Lipinski definition) is 4. The third kappa shape index (κ3) is 7.33. The number of likely N-dealkylation sites (tertiary alicyclic amines) is 1. The smallest absolute Gasteiger partial charge is 0.416 e. The van der Waals surface area contributed by atoms with Gasteiger partial charge < -0.3 is 14.6 Å². The monoisotopic (exact) mass is 650 g/mol. The number of benzene rings is 3. The third-order valence-electron chi connectivity index (χ3n) is 7.64. The molecule has 1 saturated heterocycles. The lowest BCUT2D eigenvalue weighted by atomic mass is 9.91. The number of rotatable bonds is 5. The molecule has 45 heavy (non-hydrogen) atoms. The summed E-state index contributed by atoms with van der Waals surface area (Å²) in [5, 5.41) is 3.54. The molecule has 1 aliphatic rings. The van der Waals surface area contributed by atoms with Crippen molar-refractivity contribution in [3.05, 3.63) is 116 Å². The SMILES string of the molecule is Cc1ccc2c(=O)cc(C(=O)N[C@H]3CCN(C(=O)c4cc(C(F)(F)F)cc(C(F)(F)F)c4)[C@H](Cc4ccc(Cl)cc4)C3)oc2c1. The van der Waals surface area contributed by atoms with E-state index in [0.29, 0.717) is 28.1 Å². The summed E-state index contributed by atoms with van der Waals surface area (Å²) in [5.74, 6) is -1.92. The van der Waals surface area contributed by atoms with Crippen LogP contribution in [0.3, 0.4) is 0 Å². The van der Waals surface area contributed by atoms with E-state index in [2.05, 4.69) is 5.32 Å². The molecule has 0 spiro atoms. The Morgan fingerprint density at radius 3 is 2.20 bits per heavy atom. The molecule has 4 aromatic rings. The van der Waals surface area contributed by atoms with Crippen molar-refractivity contribution < 1.29 is 40.3 Å². The second-order valence-corrected chi connectivity index (χ2v) is 11.4. The largest absolute Gasteiger partial charge is 0.451 e. The van der Waals surface area contributed by atoms with Crippen molar-refractivity contribution in [2.75, 3.05) is 6.54 Å². The van der Waals surface area contributed by atoms with Crippen LogP contribution in [0.5, 0.6) is 0 Å². The predicted octanol–water partition coefficient (Wildman–Crippen LogP) is 7.44. The zero-order valence-electron chi connectivity index (χ0n) is 23.6. The minimum atomic E-state index is -5.12. The molecule has 236 valence electrons. The Balaban J connectivity index is 1.43. The van der Waals surface area contributed by atoms with Crippen molar-refractivity contribution >= 4 is 34.4 Å². The maximum Gasteiger partial charge on any atom is 0.416 e. The Hall–Kier alpha value is -4.32. The molecule has 0 saturated carbocycles. The fourth-order valence-electron chi connectivity index (χ4n) is 5.41. The molecule has 5 rings (SSSR count). The first-order valence-corrected chi connectivity index (χ1v) is 14.2. The minimum absolute atomic E-state index is 0.0315. The number of piperidine rings is 1. The Bertz CT molecular complexity index is 1790. The van der Waals surface area contributed by atoms with Gasteiger partial charge in [0, 0.05) is 35.3 Å². The first-order chi connectivity index (χ1) is 21.1. The summed E-state index contributed by atoms with van der Waals surface area (Å²) in [6.45, 7) is 1.71. The van der Waals surface area contributed by atoms with Crippen LogP contribution in [-0.4, -0.2) is 35.3 Å². The molecule has 1 fully saturated rings. The maximum absolute atomic E-state index is 13.6. The van der Waals surface area contributed by atoms with E-state index in [1.54, 1.807) is 49.4 Å². The summed E-state index contributed by atoms with van der Waals surface area (Å²) in [5.41, 5.74) is -2.62. The van der Waals surface area contributed by atoms with E-state index in [-0.39, 0.29) is 43.2 Å². The quantitative estimate of drug-likeness (QED) is 0.228. The van der Waals surface area contributed by atoms with Gasteiger partial charge in [0.25, 0.3) is 11.8 Å². The Kier molecular flexibility index (Phi) is 8.72. The molecule has 6 nitrogen and oxygen atoms in total. The third-order valence-corrected chi connectivity index (χ3v) is 7.89. The standard InChI is InChI=1S/C32H25ClF6N2O4/c1-17-2-7-25-26(42)16-28(45-27(25)10-17)29(43)40-23-8-9-41(24(15-23)11-18-3-5-22(33)6-4-18)30(44)19-12-20(31(34,35)36)14-21(13-19)32(37,38)39/h2-7,10,12-14,16,23-24H,8-9,11,15H2,1H3,(H,40,43)/t23-,24+/m0/s1. The van der Waals surface area contributed by atoms with Gasteiger partial charge in [-0.1, -0.05) is 29.8 Å². The number of amides is 2. The van der Waals surface area contributed by atoms with Gasteiger partial charge in [0.2, 0.25) is 0 Å². The number of nitrogens with one attached hydrogen (secondary N) is 1. The number of alkyl halides is 6. The van der Waals surface area contributed by atoms with Crippen LogP contribution in [0.4, 0.5) is 26.3 Å².